The fourth-order valence-electron chi connectivity index (χ4n) is 2.11. The summed E-state index contributed by atoms with van der Waals surface area (Å²) < 4.78 is 3.02. The van der Waals surface area contributed by atoms with E-state index in [0.29, 0.717) is 6.54 Å². The van der Waals surface area contributed by atoms with E-state index in [4.69, 9.17) is 5.73 Å². The second-order valence-electron chi connectivity index (χ2n) is 4.08. The lowest BCUT2D eigenvalue weighted by molar-refractivity contribution is 0.764. The number of benzene rings is 1. The maximum absolute atomic E-state index is 5.67. The molecular formula is C13H16BrN3. The molecule has 0 amide bonds. The quantitative estimate of drug-likeness (QED) is 0.945. The van der Waals surface area contributed by atoms with Crippen LogP contribution in [0.15, 0.2) is 28.7 Å². The number of halogens is 1. The number of aryl methyl sites for hydroxylation is 2. The molecule has 2 aromatic rings. The Morgan fingerprint density at radius 2 is 1.94 bits per heavy atom. The van der Waals surface area contributed by atoms with Crippen LogP contribution < -0.4 is 5.73 Å². The molecule has 2 rings (SSSR count). The van der Waals surface area contributed by atoms with E-state index in [-0.39, 0.29) is 0 Å². The minimum atomic E-state index is 0.649. The van der Waals surface area contributed by atoms with Crippen LogP contribution in [-0.4, -0.2) is 16.3 Å². The first-order valence-electron chi connectivity index (χ1n) is 5.62. The third kappa shape index (κ3) is 2.42. The normalized spacial score (nSPS) is 10.8. The van der Waals surface area contributed by atoms with E-state index in [1.165, 1.54) is 16.8 Å². The number of hydrogen-bond donors (Lipinski definition) is 1. The van der Waals surface area contributed by atoms with Gasteiger partial charge in [0.1, 0.15) is 0 Å². The van der Waals surface area contributed by atoms with E-state index >= 15 is 0 Å². The lowest BCUT2D eigenvalue weighted by Crippen LogP contribution is -2.04. The summed E-state index contributed by atoms with van der Waals surface area (Å²) >= 11 is 3.45. The maximum atomic E-state index is 5.67. The van der Waals surface area contributed by atoms with E-state index in [1.807, 2.05) is 30.8 Å². The van der Waals surface area contributed by atoms with Gasteiger partial charge >= 0.3 is 0 Å². The molecule has 4 heteroatoms. The van der Waals surface area contributed by atoms with Crippen LogP contribution in [0.4, 0.5) is 0 Å². The molecule has 1 aromatic heterocycles. The second kappa shape index (κ2) is 5.02. The van der Waals surface area contributed by atoms with Crippen molar-refractivity contribution in [2.75, 3.05) is 6.54 Å². The van der Waals surface area contributed by atoms with Crippen LogP contribution in [0.1, 0.15) is 11.3 Å². The Bertz CT molecular complexity index is 514. The van der Waals surface area contributed by atoms with Crippen molar-refractivity contribution in [1.29, 1.82) is 0 Å². The first kappa shape index (κ1) is 12.3. The summed E-state index contributed by atoms with van der Waals surface area (Å²) in [4.78, 5) is 0. The molecule has 0 aliphatic rings. The van der Waals surface area contributed by atoms with Gasteiger partial charge in [-0.15, -0.1) is 0 Å². The SMILES string of the molecule is Cc1nn(C)c(-c2ccc(Br)cc2)c1CCN. The van der Waals surface area contributed by atoms with Gasteiger partial charge in [0, 0.05) is 22.6 Å². The van der Waals surface area contributed by atoms with E-state index < -0.39 is 0 Å². The molecule has 0 atom stereocenters. The molecule has 17 heavy (non-hydrogen) atoms. The molecule has 90 valence electrons. The van der Waals surface area contributed by atoms with Gasteiger partial charge in [0.2, 0.25) is 0 Å². The summed E-state index contributed by atoms with van der Waals surface area (Å²) in [5.74, 6) is 0. The van der Waals surface area contributed by atoms with Gasteiger partial charge in [-0.05, 0) is 32.0 Å². The topological polar surface area (TPSA) is 43.8 Å². The van der Waals surface area contributed by atoms with Crippen molar-refractivity contribution in [3.63, 3.8) is 0 Å². The molecule has 1 aromatic carbocycles. The molecule has 0 aliphatic heterocycles. The van der Waals surface area contributed by atoms with Crippen LogP contribution in [0.25, 0.3) is 11.3 Å². The Morgan fingerprint density at radius 3 is 2.53 bits per heavy atom. The minimum Gasteiger partial charge on any atom is -0.330 e. The number of rotatable bonds is 3. The Morgan fingerprint density at radius 1 is 1.29 bits per heavy atom. The van der Waals surface area contributed by atoms with Gasteiger partial charge in [-0.3, -0.25) is 4.68 Å². The van der Waals surface area contributed by atoms with Crippen LogP contribution in [0.2, 0.25) is 0 Å². The Balaban J connectivity index is 2.53. The highest BCUT2D eigenvalue weighted by Gasteiger charge is 2.13. The van der Waals surface area contributed by atoms with E-state index in [2.05, 4.69) is 33.2 Å². The van der Waals surface area contributed by atoms with Crippen LogP contribution >= 0.6 is 15.9 Å². The lowest BCUT2D eigenvalue weighted by Gasteiger charge is -2.06. The third-order valence-electron chi connectivity index (χ3n) is 2.86. The van der Waals surface area contributed by atoms with E-state index in [0.717, 1.165) is 16.6 Å². The molecular weight excluding hydrogens is 278 g/mol. The van der Waals surface area contributed by atoms with Gasteiger partial charge in [-0.2, -0.15) is 5.10 Å². The summed E-state index contributed by atoms with van der Waals surface area (Å²) in [5, 5.41) is 4.48. The molecule has 0 fully saturated rings. The fourth-order valence-corrected chi connectivity index (χ4v) is 2.38. The highest BCUT2D eigenvalue weighted by Crippen LogP contribution is 2.27. The van der Waals surface area contributed by atoms with Crippen LogP contribution in [0.5, 0.6) is 0 Å². The molecule has 0 saturated carbocycles. The van der Waals surface area contributed by atoms with Gasteiger partial charge < -0.3 is 5.73 Å². The van der Waals surface area contributed by atoms with Crippen molar-refractivity contribution in [2.45, 2.75) is 13.3 Å². The molecule has 0 saturated heterocycles. The number of hydrogen-bond acceptors (Lipinski definition) is 2. The van der Waals surface area contributed by atoms with Crippen LogP contribution in [0.3, 0.4) is 0 Å². The van der Waals surface area contributed by atoms with Crippen molar-refractivity contribution < 1.29 is 0 Å². The van der Waals surface area contributed by atoms with Crippen molar-refractivity contribution in [1.82, 2.24) is 9.78 Å². The molecule has 0 aliphatic carbocycles. The van der Waals surface area contributed by atoms with Gasteiger partial charge in [-0.25, -0.2) is 0 Å². The lowest BCUT2D eigenvalue weighted by atomic mass is 10.0. The zero-order chi connectivity index (χ0) is 12.4. The summed E-state index contributed by atoms with van der Waals surface area (Å²) in [5.41, 5.74) is 10.3. The highest BCUT2D eigenvalue weighted by molar-refractivity contribution is 9.10. The van der Waals surface area contributed by atoms with Crippen molar-refractivity contribution >= 4 is 15.9 Å². The number of nitrogens with zero attached hydrogens (tertiary/aromatic N) is 2. The summed E-state index contributed by atoms with van der Waals surface area (Å²) in [6.07, 6.45) is 0.866. The maximum Gasteiger partial charge on any atom is 0.0714 e. The Hall–Kier alpha value is -1.13. The fraction of sp³-hybridized carbons (Fsp3) is 0.308. The molecule has 0 spiro atoms. The molecule has 2 N–H and O–H groups in total. The average molecular weight is 294 g/mol. The van der Waals surface area contributed by atoms with Crippen molar-refractivity contribution in [3.8, 4) is 11.3 Å². The average Bonchev–Trinajstić information content (AvgIpc) is 2.56. The van der Waals surface area contributed by atoms with Gasteiger partial charge in [0.25, 0.3) is 0 Å². The predicted molar refractivity (Wildman–Crippen MR) is 73.8 cm³/mol. The number of aromatic nitrogens is 2. The molecule has 0 bridgehead atoms. The highest BCUT2D eigenvalue weighted by atomic mass is 79.9. The Kier molecular flexibility index (Phi) is 3.64. The molecule has 1 heterocycles. The number of nitrogens with two attached hydrogens (primary N) is 1. The Labute approximate surface area is 110 Å². The van der Waals surface area contributed by atoms with E-state index in [9.17, 15) is 0 Å². The zero-order valence-corrected chi connectivity index (χ0v) is 11.7. The second-order valence-corrected chi connectivity index (χ2v) is 5.00. The van der Waals surface area contributed by atoms with Crippen molar-refractivity contribution in [2.24, 2.45) is 12.8 Å². The summed E-state index contributed by atoms with van der Waals surface area (Å²) in [7, 11) is 1.98. The standard InChI is InChI=1S/C13H16BrN3/c1-9-12(7-8-15)13(17(2)16-9)10-3-5-11(14)6-4-10/h3-6H,7-8,15H2,1-2H3. The zero-order valence-electron chi connectivity index (χ0n) is 10.1. The van der Waals surface area contributed by atoms with E-state index in [1.54, 1.807) is 0 Å². The summed E-state index contributed by atoms with van der Waals surface area (Å²) in [6.45, 7) is 2.68. The largest absolute Gasteiger partial charge is 0.330 e. The van der Waals surface area contributed by atoms with Gasteiger partial charge in [0.15, 0.2) is 0 Å². The predicted octanol–water partition coefficient (Wildman–Crippen LogP) is 2.66. The van der Waals surface area contributed by atoms with Crippen LogP contribution in [0, 0.1) is 6.92 Å². The molecule has 0 unspecified atom stereocenters. The summed E-state index contributed by atoms with van der Waals surface area (Å²) in [6, 6.07) is 8.29. The molecule has 0 radical (unpaired) electrons. The van der Waals surface area contributed by atoms with Gasteiger partial charge in [-0.1, -0.05) is 28.1 Å². The first-order chi connectivity index (χ1) is 8.13. The van der Waals surface area contributed by atoms with Crippen LogP contribution in [-0.2, 0) is 13.5 Å². The smallest absolute Gasteiger partial charge is 0.0714 e. The molecule has 3 nitrogen and oxygen atoms in total. The van der Waals surface area contributed by atoms with Gasteiger partial charge in [0.05, 0.1) is 11.4 Å². The third-order valence-corrected chi connectivity index (χ3v) is 3.39. The minimum absolute atomic E-state index is 0.649. The monoisotopic (exact) mass is 293 g/mol. The van der Waals surface area contributed by atoms with Crippen molar-refractivity contribution in [3.05, 3.63) is 40.0 Å². The first-order valence-corrected chi connectivity index (χ1v) is 6.41.